The molecule has 6 nitrogen and oxygen atoms in total. The van der Waals surface area contributed by atoms with E-state index >= 15 is 0 Å². The molecule has 1 aromatic heterocycles. The van der Waals surface area contributed by atoms with Gasteiger partial charge in [-0.2, -0.15) is 0 Å². The van der Waals surface area contributed by atoms with Gasteiger partial charge in [-0.1, -0.05) is 29.8 Å². The van der Waals surface area contributed by atoms with Crippen LogP contribution in [0.25, 0.3) is 0 Å². The summed E-state index contributed by atoms with van der Waals surface area (Å²) < 4.78 is 1.99. The van der Waals surface area contributed by atoms with E-state index in [0.717, 1.165) is 16.8 Å². The van der Waals surface area contributed by atoms with E-state index < -0.39 is 6.04 Å². The molecular weight excluding hydrogens is 436 g/mol. The molecule has 1 aliphatic heterocycles. The van der Waals surface area contributed by atoms with Gasteiger partial charge in [0.15, 0.2) is 5.78 Å². The molecule has 0 radical (unpaired) electrons. The minimum atomic E-state index is -0.610. The number of para-hydroxylation sites is 1. The van der Waals surface area contributed by atoms with Crippen molar-refractivity contribution in [3.8, 4) is 0 Å². The maximum atomic E-state index is 13.4. The Labute approximate surface area is 196 Å². The van der Waals surface area contributed by atoms with Crippen LogP contribution in [-0.2, 0) is 6.54 Å². The average Bonchev–Trinajstić information content (AvgIpc) is 3.20. The zero-order valence-corrected chi connectivity index (χ0v) is 18.6. The van der Waals surface area contributed by atoms with Crippen molar-refractivity contribution in [3.05, 3.63) is 112 Å². The van der Waals surface area contributed by atoms with E-state index in [0.29, 0.717) is 34.2 Å². The number of benzene rings is 3. The molecule has 164 valence electrons. The normalized spacial score (nSPS) is 14.4. The number of imidazole rings is 1. The monoisotopic (exact) mass is 456 g/mol. The highest BCUT2D eigenvalue weighted by Gasteiger charge is 2.29. The van der Waals surface area contributed by atoms with Crippen LogP contribution in [0.1, 0.15) is 43.7 Å². The number of amides is 1. The minimum absolute atomic E-state index is 0.0921. The number of carbonyl (C=O) groups is 2. The first-order chi connectivity index (χ1) is 16.0. The van der Waals surface area contributed by atoms with Gasteiger partial charge in [0.05, 0.1) is 6.54 Å². The molecule has 2 N–H and O–H groups in total. The maximum absolute atomic E-state index is 13.4. The van der Waals surface area contributed by atoms with Gasteiger partial charge in [-0.15, -0.1) is 0 Å². The first-order valence-corrected chi connectivity index (χ1v) is 10.9. The Balaban J connectivity index is 1.37. The van der Waals surface area contributed by atoms with E-state index in [1.54, 1.807) is 48.7 Å². The quantitative estimate of drug-likeness (QED) is 0.398. The van der Waals surface area contributed by atoms with Crippen molar-refractivity contribution in [2.75, 3.05) is 10.6 Å². The molecule has 0 saturated carbocycles. The van der Waals surface area contributed by atoms with Crippen LogP contribution in [-0.4, -0.2) is 21.2 Å². The van der Waals surface area contributed by atoms with Gasteiger partial charge in [0.1, 0.15) is 11.9 Å². The molecule has 0 saturated heterocycles. The summed E-state index contributed by atoms with van der Waals surface area (Å²) in [4.78, 5) is 30.5. The third kappa shape index (κ3) is 4.13. The van der Waals surface area contributed by atoms with Gasteiger partial charge in [-0.05, 0) is 66.6 Å². The molecule has 0 aliphatic carbocycles. The zero-order chi connectivity index (χ0) is 22.9. The zero-order valence-electron chi connectivity index (χ0n) is 17.9. The lowest BCUT2D eigenvalue weighted by Crippen LogP contribution is -2.23. The Morgan fingerprint density at radius 3 is 2.67 bits per heavy atom. The van der Waals surface area contributed by atoms with E-state index in [-0.39, 0.29) is 11.7 Å². The number of hydrogen-bond donors (Lipinski definition) is 2. The molecule has 7 heteroatoms. The largest absolute Gasteiger partial charge is 0.369 e. The average molecular weight is 457 g/mol. The molecule has 1 aliphatic rings. The Bertz CT molecular complexity index is 1360. The number of nitrogens with one attached hydrogen (secondary N) is 2. The fourth-order valence-corrected chi connectivity index (χ4v) is 4.29. The second-order valence-corrected chi connectivity index (χ2v) is 8.44. The van der Waals surface area contributed by atoms with Gasteiger partial charge in [-0.25, -0.2) is 4.98 Å². The van der Waals surface area contributed by atoms with Crippen LogP contribution < -0.4 is 10.6 Å². The highest BCUT2D eigenvalue weighted by atomic mass is 35.5. The van der Waals surface area contributed by atoms with Crippen molar-refractivity contribution < 1.29 is 9.59 Å². The molecule has 0 fully saturated rings. The van der Waals surface area contributed by atoms with E-state index in [1.165, 1.54) is 0 Å². The molecule has 33 heavy (non-hydrogen) atoms. The number of anilines is 2. The van der Waals surface area contributed by atoms with Crippen LogP contribution in [0, 0.1) is 6.92 Å². The molecule has 0 spiro atoms. The lowest BCUT2D eigenvalue weighted by Gasteiger charge is -2.17. The predicted octanol–water partition coefficient (Wildman–Crippen LogP) is 5.50. The molecule has 1 unspecified atom stereocenters. The third-order valence-corrected chi connectivity index (χ3v) is 6.02. The molecule has 0 bridgehead atoms. The van der Waals surface area contributed by atoms with Gasteiger partial charge in [0.25, 0.3) is 5.91 Å². The molecule has 2 heterocycles. The van der Waals surface area contributed by atoms with E-state index in [2.05, 4.69) is 15.6 Å². The second-order valence-electron chi connectivity index (χ2n) is 8.00. The number of hydrogen-bond acceptors (Lipinski definition) is 4. The summed E-state index contributed by atoms with van der Waals surface area (Å²) in [5, 5.41) is 6.82. The molecule has 1 amide bonds. The van der Waals surface area contributed by atoms with Gasteiger partial charge in [0.2, 0.25) is 0 Å². The third-order valence-electron chi connectivity index (χ3n) is 5.79. The molecule has 3 aromatic carbocycles. The molecular formula is C26H21ClN4O2. The van der Waals surface area contributed by atoms with E-state index in [4.69, 9.17) is 11.6 Å². The number of halogens is 1. The fraction of sp³-hybridized carbons (Fsp3) is 0.115. The summed E-state index contributed by atoms with van der Waals surface area (Å²) in [5.74, 6) is 0.352. The minimum Gasteiger partial charge on any atom is -0.369 e. The summed E-state index contributed by atoms with van der Waals surface area (Å²) in [5.41, 5.74) is 4.49. The summed E-state index contributed by atoms with van der Waals surface area (Å²) in [6.07, 6.45) is 3.60. The first kappa shape index (κ1) is 21.0. The highest BCUT2D eigenvalue weighted by Crippen LogP contribution is 2.30. The second kappa shape index (κ2) is 8.56. The van der Waals surface area contributed by atoms with Gasteiger partial charge < -0.3 is 15.2 Å². The molecule has 1 atom stereocenters. The fourth-order valence-electron chi connectivity index (χ4n) is 4.06. The van der Waals surface area contributed by atoms with Crippen molar-refractivity contribution in [2.24, 2.45) is 0 Å². The number of aromatic nitrogens is 2. The number of fused-ring (bicyclic) bond motifs is 2. The molecule has 5 rings (SSSR count). The van der Waals surface area contributed by atoms with Gasteiger partial charge in [0, 0.05) is 39.9 Å². The summed E-state index contributed by atoms with van der Waals surface area (Å²) in [7, 11) is 0. The first-order valence-electron chi connectivity index (χ1n) is 10.6. The number of aryl methyl sites for hydroxylation is 1. The highest BCUT2D eigenvalue weighted by molar-refractivity contribution is 6.30. The topological polar surface area (TPSA) is 76.0 Å². The van der Waals surface area contributed by atoms with Crippen molar-refractivity contribution in [1.29, 1.82) is 0 Å². The summed E-state index contributed by atoms with van der Waals surface area (Å²) in [6, 6.07) is 19.4. The molecule has 4 aromatic rings. The van der Waals surface area contributed by atoms with Crippen molar-refractivity contribution in [2.45, 2.75) is 19.5 Å². The van der Waals surface area contributed by atoms with Crippen LogP contribution in [0.3, 0.4) is 0 Å². The number of Topliss-reactive ketones (excluding diaryl/α,β-unsaturated/α-hetero) is 1. The Morgan fingerprint density at radius 1 is 1.09 bits per heavy atom. The lowest BCUT2D eigenvalue weighted by molar-refractivity contribution is 0.0965. The van der Waals surface area contributed by atoms with Gasteiger partial charge >= 0.3 is 0 Å². The maximum Gasteiger partial charge on any atom is 0.255 e. The van der Waals surface area contributed by atoms with Crippen molar-refractivity contribution >= 4 is 34.7 Å². The van der Waals surface area contributed by atoms with Crippen LogP contribution >= 0.6 is 11.6 Å². The predicted molar refractivity (Wildman–Crippen MR) is 129 cm³/mol. The van der Waals surface area contributed by atoms with E-state index in [1.807, 2.05) is 42.0 Å². The summed E-state index contributed by atoms with van der Waals surface area (Å²) in [6.45, 7) is 2.49. The smallest absolute Gasteiger partial charge is 0.255 e. The lowest BCUT2D eigenvalue weighted by atomic mass is 10.0. The van der Waals surface area contributed by atoms with Crippen LogP contribution in [0.15, 0.2) is 79.1 Å². The van der Waals surface area contributed by atoms with Crippen molar-refractivity contribution in [1.82, 2.24) is 9.55 Å². The Hall–Kier alpha value is -3.90. The number of ketones is 1. The van der Waals surface area contributed by atoms with Crippen LogP contribution in [0.5, 0.6) is 0 Å². The van der Waals surface area contributed by atoms with E-state index in [9.17, 15) is 9.59 Å². The Morgan fingerprint density at radius 2 is 1.88 bits per heavy atom. The van der Waals surface area contributed by atoms with Gasteiger partial charge in [-0.3, -0.25) is 9.59 Å². The van der Waals surface area contributed by atoms with Crippen LogP contribution in [0.4, 0.5) is 11.4 Å². The number of carbonyl (C=O) groups excluding carboxylic acids is 2. The Kier molecular flexibility index (Phi) is 5.44. The number of nitrogens with zero attached hydrogens (tertiary/aromatic N) is 2. The SMILES string of the molecule is Cc1cc(Cl)ccc1C(=O)Nc1ccc(C(=O)C2Nc3ccccc3Cn3ccnc32)cc1. The number of rotatable bonds is 4. The van der Waals surface area contributed by atoms with Crippen LogP contribution in [0.2, 0.25) is 5.02 Å². The summed E-state index contributed by atoms with van der Waals surface area (Å²) >= 11 is 5.98. The standard InChI is InChI=1S/C26H21ClN4O2/c1-16-14-19(27)8-11-21(16)26(33)29-20-9-6-17(7-10-20)24(32)23-25-28-12-13-31(25)15-18-4-2-3-5-22(18)30-23/h2-14,23,30H,15H2,1H3,(H,29,33). The van der Waals surface area contributed by atoms with Crippen molar-refractivity contribution in [3.63, 3.8) is 0 Å².